The second kappa shape index (κ2) is 9.63. The lowest BCUT2D eigenvalue weighted by atomic mass is 10.1. The Morgan fingerprint density at radius 2 is 2.00 bits per heavy atom. The highest BCUT2D eigenvalue weighted by molar-refractivity contribution is 6.30. The van der Waals surface area contributed by atoms with E-state index in [9.17, 15) is 9.59 Å². The van der Waals surface area contributed by atoms with Crippen LogP contribution in [0.1, 0.15) is 25.3 Å². The van der Waals surface area contributed by atoms with E-state index < -0.39 is 6.03 Å². The van der Waals surface area contributed by atoms with Crippen molar-refractivity contribution in [2.45, 2.75) is 26.7 Å². The number of quaternary nitrogens is 1. The van der Waals surface area contributed by atoms with Gasteiger partial charge in [-0.15, -0.1) is 0 Å². The summed E-state index contributed by atoms with van der Waals surface area (Å²) in [4.78, 5) is 27.1. The molecule has 1 aromatic carbocycles. The molecule has 1 fully saturated rings. The molecule has 1 aliphatic rings. The highest BCUT2D eigenvalue weighted by Gasteiger charge is 2.23. The number of carbonyl (C=O) groups is 2. The molecule has 0 saturated carbocycles. The van der Waals surface area contributed by atoms with Crippen LogP contribution < -0.4 is 20.4 Å². The molecule has 6 nitrogen and oxygen atoms in total. The second-order valence-corrected chi connectivity index (χ2v) is 6.94. The number of nitrogens with one attached hydrogen (secondary N) is 3. The molecule has 0 radical (unpaired) electrons. The predicted octanol–water partition coefficient (Wildman–Crippen LogP) is 0.979. The van der Waals surface area contributed by atoms with Gasteiger partial charge in [-0.1, -0.05) is 31.0 Å². The molecule has 2 rings (SSSR count). The first-order chi connectivity index (χ1) is 12.0. The van der Waals surface area contributed by atoms with Crippen LogP contribution in [0.4, 0.5) is 10.5 Å². The van der Waals surface area contributed by atoms with E-state index >= 15 is 0 Å². The molecule has 0 atom stereocenters. The number of carbonyl (C=O) groups excluding carboxylic acids is 2. The summed E-state index contributed by atoms with van der Waals surface area (Å²) < 4.78 is 0. The van der Waals surface area contributed by atoms with Crippen LogP contribution in [-0.2, 0) is 4.79 Å². The molecule has 1 aliphatic heterocycles. The second-order valence-electron chi connectivity index (χ2n) is 6.50. The number of urea groups is 1. The van der Waals surface area contributed by atoms with Gasteiger partial charge >= 0.3 is 6.03 Å². The minimum Gasteiger partial charge on any atom is -0.360 e. The molecule has 0 bridgehead atoms. The summed E-state index contributed by atoms with van der Waals surface area (Å²) in [7, 11) is 0. The molecule has 1 saturated heterocycles. The van der Waals surface area contributed by atoms with Crippen molar-refractivity contribution in [3.8, 4) is 0 Å². The third kappa shape index (κ3) is 6.21. The average Bonchev–Trinajstić information content (AvgIpc) is 2.58. The van der Waals surface area contributed by atoms with Crippen molar-refractivity contribution in [3.05, 3.63) is 28.8 Å². The summed E-state index contributed by atoms with van der Waals surface area (Å²) in [5.74, 6) is -0.226. The van der Waals surface area contributed by atoms with Crippen molar-refractivity contribution >= 4 is 29.2 Å². The van der Waals surface area contributed by atoms with Gasteiger partial charge in [0.2, 0.25) is 0 Å². The van der Waals surface area contributed by atoms with Gasteiger partial charge in [0, 0.05) is 17.3 Å². The van der Waals surface area contributed by atoms with E-state index in [0.29, 0.717) is 13.1 Å². The number of unbranched alkanes of at least 4 members (excludes halogenated alkanes) is 1. The van der Waals surface area contributed by atoms with Crippen LogP contribution in [0.5, 0.6) is 0 Å². The van der Waals surface area contributed by atoms with Crippen molar-refractivity contribution in [3.63, 3.8) is 0 Å². The Labute approximate surface area is 154 Å². The topological polar surface area (TPSA) is 65.9 Å². The number of amides is 3. The summed E-state index contributed by atoms with van der Waals surface area (Å²) in [5, 5.41) is 5.84. The Morgan fingerprint density at radius 1 is 1.28 bits per heavy atom. The van der Waals surface area contributed by atoms with Gasteiger partial charge in [-0.05, 0) is 31.0 Å². The van der Waals surface area contributed by atoms with Gasteiger partial charge in [0.1, 0.15) is 0 Å². The SMILES string of the molecule is CCCCNC(=O)NC(=O)C[NH+]1CCN(c2cc(Cl)ccc2C)CC1. The van der Waals surface area contributed by atoms with Crippen molar-refractivity contribution in [2.24, 2.45) is 0 Å². The maximum atomic E-state index is 12.0. The molecule has 0 aliphatic carbocycles. The Balaban J connectivity index is 1.75. The zero-order valence-electron chi connectivity index (χ0n) is 15.0. The fraction of sp³-hybridized carbons (Fsp3) is 0.556. The fourth-order valence-electron chi connectivity index (χ4n) is 2.98. The van der Waals surface area contributed by atoms with E-state index in [1.165, 1.54) is 10.5 Å². The van der Waals surface area contributed by atoms with Crippen molar-refractivity contribution in [1.29, 1.82) is 0 Å². The number of piperazine rings is 1. The van der Waals surface area contributed by atoms with E-state index in [4.69, 9.17) is 11.6 Å². The monoisotopic (exact) mass is 367 g/mol. The van der Waals surface area contributed by atoms with Gasteiger partial charge < -0.3 is 15.1 Å². The van der Waals surface area contributed by atoms with E-state index in [-0.39, 0.29) is 5.91 Å². The molecule has 0 unspecified atom stereocenters. The summed E-state index contributed by atoms with van der Waals surface area (Å²) in [6, 6.07) is 5.53. The Morgan fingerprint density at radius 3 is 2.68 bits per heavy atom. The molecule has 0 spiro atoms. The average molecular weight is 368 g/mol. The molecule has 138 valence electrons. The molecule has 25 heavy (non-hydrogen) atoms. The van der Waals surface area contributed by atoms with Gasteiger partial charge in [0.25, 0.3) is 5.91 Å². The Hall–Kier alpha value is -1.79. The zero-order chi connectivity index (χ0) is 18.2. The number of imide groups is 1. The molecule has 3 N–H and O–H groups in total. The van der Waals surface area contributed by atoms with Crippen LogP contribution in [0.2, 0.25) is 5.02 Å². The first-order valence-corrected chi connectivity index (χ1v) is 9.29. The predicted molar refractivity (Wildman–Crippen MR) is 100 cm³/mol. The third-order valence-corrected chi connectivity index (χ3v) is 4.70. The lowest BCUT2D eigenvalue weighted by Gasteiger charge is -2.34. The van der Waals surface area contributed by atoms with Crippen molar-refractivity contribution in [2.75, 3.05) is 44.2 Å². The Kier molecular flexibility index (Phi) is 7.52. The zero-order valence-corrected chi connectivity index (χ0v) is 15.8. The summed E-state index contributed by atoms with van der Waals surface area (Å²) >= 11 is 6.10. The fourth-order valence-corrected chi connectivity index (χ4v) is 3.15. The minimum absolute atomic E-state index is 0.226. The Bertz CT molecular complexity index is 601. The first kappa shape index (κ1) is 19.5. The third-order valence-electron chi connectivity index (χ3n) is 4.46. The largest absolute Gasteiger partial charge is 0.360 e. The van der Waals surface area contributed by atoms with Gasteiger partial charge in [0.15, 0.2) is 6.54 Å². The van der Waals surface area contributed by atoms with Crippen molar-refractivity contribution in [1.82, 2.24) is 10.6 Å². The lowest BCUT2D eigenvalue weighted by Crippen LogP contribution is -3.16. The highest BCUT2D eigenvalue weighted by Crippen LogP contribution is 2.24. The quantitative estimate of drug-likeness (QED) is 0.657. The summed E-state index contributed by atoms with van der Waals surface area (Å²) in [6.45, 7) is 8.50. The first-order valence-electron chi connectivity index (χ1n) is 8.92. The van der Waals surface area contributed by atoms with E-state index in [2.05, 4.69) is 29.4 Å². The number of anilines is 1. The lowest BCUT2D eigenvalue weighted by molar-refractivity contribution is -0.892. The van der Waals surface area contributed by atoms with Gasteiger partial charge in [-0.2, -0.15) is 0 Å². The van der Waals surface area contributed by atoms with E-state index in [1.807, 2.05) is 18.2 Å². The van der Waals surface area contributed by atoms with Crippen LogP contribution in [0.15, 0.2) is 18.2 Å². The highest BCUT2D eigenvalue weighted by atomic mass is 35.5. The van der Waals surface area contributed by atoms with Crippen LogP contribution in [0.3, 0.4) is 0 Å². The smallest absolute Gasteiger partial charge is 0.321 e. The van der Waals surface area contributed by atoms with Crippen LogP contribution >= 0.6 is 11.6 Å². The van der Waals surface area contributed by atoms with Gasteiger partial charge in [0.05, 0.1) is 26.2 Å². The molecule has 3 amide bonds. The summed E-state index contributed by atoms with van der Waals surface area (Å²) in [6.07, 6.45) is 1.92. The van der Waals surface area contributed by atoms with E-state index in [0.717, 1.165) is 49.7 Å². The molecular formula is C18H28ClN4O2+. The van der Waals surface area contributed by atoms with E-state index in [1.54, 1.807) is 0 Å². The molecule has 7 heteroatoms. The van der Waals surface area contributed by atoms with Gasteiger partial charge in [-0.3, -0.25) is 10.1 Å². The number of benzene rings is 1. The summed E-state index contributed by atoms with van der Waals surface area (Å²) in [5.41, 5.74) is 2.36. The number of halogens is 1. The molecule has 1 aromatic rings. The van der Waals surface area contributed by atoms with Crippen molar-refractivity contribution < 1.29 is 14.5 Å². The molecule has 0 aromatic heterocycles. The maximum absolute atomic E-state index is 12.0. The maximum Gasteiger partial charge on any atom is 0.321 e. The van der Waals surface area contributed by atoms with Gasteiger partial charge in [-0.25, -0.2) is 4.79 Å². The number of nitrogens with zero attached hydrogens (tertiary/aromatic N) is 1. The standard InChI is InChI=1S/C18H27ClN4O2/c1-3-4-7-20-18(25)21-17(24)13-22-8-10-23(11-9-22)16-12-15(19)6-5-14(16)2/h5-6,12H,3-4,7-11,13H2,1-2H3,(H2,20,21,24,25)/p+1. The number of hydrogen-bond acceptors (Lipinski definition) is 3. The van der Waals surface area contributed by atoms with Crippen LogP contribution in [-0.4, -0.2) is 51.2 Å². The van der Waals surface area contributed by atoms with Crippen LogP contribution in [0, 0.1) is 6.92 Å². The molecule has 1 heterocycles. The molecular weight excluding hydrogens is 340 g/mol. The number of hydrogen-bond donors (Lipinski definition) is 3. The minimum atomic E-state index is -0.397. The number of aryl methyl sites for hydroxylation is 1. The van der Waals surface area contributed by atoms with Crippen LogP contribution in [0.25, 0.3) is 0 Å². The number of rotatable bonds is 6. The normalized spacial score (nSPS) is 15.1.